The standard InChI is InChI=1S/C17H27N3OS/c1-13(2)20-11-14-10-15(22-16(14)12-20)17(21)18-6-9-19-7-4-3-5-8-19/h10,13H,3-9,11-12H2,1-2H3,(H,18,21). The lowest BCUT2D eigenvalue weighted by Gasteiger charge is -2.26. The molecule has 5 heteroatoms. The highest BCUT2D eigenvalue weighted by Crippen LogP contribution is 2.32. The van der Waals surface area contributed by atoms with Crippen LogP contribution in [0.1, 0.15) is 53.2 Å². The fourth-order valence-corrected chi connectivity index (χ4v) is 4.38. The Balaban J connectivity index is 1.46. The van der Waals surface area contributed by atoms with Gasteiger partial charge in [-0.1, -0.05) is 6.42 Å². The van der Waals surface area contributed by atoms with Gasteiger partial charge in [-0.25, -0.2) is 0 Å². The van der Waals surface area contributed by atoms with Crippen molar-refractivity contribution >= 4 is 17.2 Å². The fourth-order valence-electron chi connectivity index (χ4n) is 3.27. The molecule has 0 radical (unpaired) electrons. The van der Waals surface area contributed by atoms with Crippen molar-refractivity contribution in [2.75, 3.05) is 26.2 Å². The van der Waals surface area contributed by atoms with Gasteiger partial charge < -0.3 is 10.2 Å². The highest BCUT2D eigenvalue weighted by atomic mass is 32.1. The maximum absolute atomic E-state index is 12.3. The molecule has 1 aromatic rings. The van der Waals surface area contributed by atoms with Crippen molar-refractivity contribution in [2.45, 2.75) is 52.2 Å². The third-order valence-electron chi connectivity index (χ3n) is 4.73. The lowest BCUT2D eigenvalue weighted by atomic mass is 10.1. The molecular formula is C17H27N3OS. The molecule has 1 aromatic heterocycles. The van der Waals surface area contributed by atoms with Gasteiger partial charge in [-0.15, -0.1) is 11.3 Å². The van der Waals surface area contributed by atoms with E-state index >= 15 is 0 Å². The number of fused-ring (bicyclic) bond motifs is 1. The molecule has 0 aromatic carbocycles. The highest BCUT2D eigenvalue weighted by Gasteiger charge is 2.25. The number of nitrogens with one attached hydrogen (secondary N) is 1. The zero-order chi connectivity index (χ0) is 15.5. The van der Waals surface area contributed by atoms with Crippen molar-refractivity contribution in [1.29, 1.82) is 0 Å². The average Bonchev–Trinajstić information content (AvgIpc) is 3.06. The van der Waals surface area contributed by atoms with Crippen LogP contribution in [0.25, 0.3) is 0 Å². The second kappa shape index (κ2) is 7.11. The van der Waals surface area contributed by atoms with Crippen LogP contribution in [0.5, 0.6) is 0 Å². The number of rotatable bonds is 5. The van der Waals surface area contributed by atoms with Crippen molar-refractivity contribution in [3.63, 3.8) is 0 Å². The Morgan fingerprint density at radius 2 is 2.05 bits per heavy atom. The zero-order valence-corrected chi connectivity index (χ0v) is 14.5. The van der Waals surface area contributed by atoms with Crippen molar-refractivity contribution in [3.05, 3.63) is 21.4 Å². The number of amides is 1. The summed E-state index contributed by atoms with van der Waals surface area (Å²) in [5.41, 5.74) is 1.35. The van der Waals surface area contributed by atoms with Crippen LogP contribution in [-0.4, -0.2) is 47.9 Å². The van der Waals surface area contributed by atoms with Crippen LogP contribution in [0.15, 0.2) is 6.07 Å². The Kier molecular flexibility index (Phi) is 5.16. The number of carbonyl (C=O) groups is 1. The van der Waals surface area contributed by atoms with Gasteiger partial charge in [-0.3, -0.25) is 9.69 Å². The topological polar surface area (TPSA) is 35.6 Å². The predicted octanol–water partition coefficient (Wildman–Crippen LogP) is 2.69. The summed E-state index contributed by atoms with van der Waals surface area (Å²) in [5.74, 6) is 0.104. The molecule has 0 atom stereocenters. The van der Waals surface area contributed by atoms with E-state index in [2.05, 4.69) is 35.0 Å². The molecule has 0 aliphatic carbocycles. The molecule has 0 bridgehead atoms. The number of piperidine rings is 1. The molecule has 3 heterocycles. The summed E-state index contributed by atoms with van der Waals surface area (Å²) in [6.45, 7) is 10.6. The lowest BCUT2D eigenvalue weighted by molar-refractivity contribution is 0.0950. The van der Waals surface area contributed by atoms with Crippen LogP contribution in [0.4, 0.5) is 0 Å². The van der Waals surface area contributed by atoms with Gasteiger partial charge in [-0.2, -0.15) is 0 Å². The molecular weight excluding hydrogens is 294 g/mol. The second-order valence-electron chi connectivity index (χ2n) is 6.72. The Bertz CT molecular complexity index is 496. The Hall–Kier alpha value is -0.910. The number of likely N-dealkylation sites (tertiary alicyclic amines) is 1. The molecule has 2 aliphatic rings. The summed E-state index contributed by atoms with van der Waals surface area (Å²) in [7, 11) is 0. The number of carbonyl (C=O) groups excluding carboxylic acids is 1. The second-order valence-corrected chi connectivity index (χ2v) is 7.85. The summed E-state index contributed by atoms with van der Waals surface area (Å²) in [6.07, 6.45) is 3.97. The van der Waals surface area contributed by atoms with Crippen LogP contribution in [0, 0.1) is 0 Å². The molecule has 1 N–H and O–H groups in total. The minimum Gasteiger partial charge on any atom is -0.350 e. The van der Waals surface area contributed by atoms with Gasteiger partial charge in [-0.05, 0) is 51.4 Å². The minimum absolute atomic E-state index is 0.104. The molecule has 0 spiro atoms. The SMILES string of the molecule is CC(C)N1Cc2cc(C(=O)NCCN3CCCCC3)sc2C1. The number of hydrogen-bond donors (Lipinski definition) is 1. The number of thiophene rings is 1. The fraction of sp³-hybridized carbons (Fsp3) is 0.706. The van der Waals surface area contributed by atoms with Gasteiger partial charge >= 0.3 is 0 Å². The molecule has 122 valence electrons. The van der Waals surface area contributed by atoms with Gasteiger partial charge in [0.25, 0.3) is 5.91 Å². The first kappa shape index (κ1) is 16.0. The monoisotopic (exact) mass is 321 g/mol. The van der Waals surface area contributed by atoms with Crippen LogP contribution >= 0.6 is 11.3 Å². The van der Waals surface area contributed by atoms with Crippen molar-refractivity contribution in [2.24, 2.45) is 0 Å². The quantitative estimate of drug-likeness (QED) is 0.906. The van der Waals surface area contributed by atoms with E-state index in [0.29, 0.717) is 6.04 Å². The van der Waals surface area contributed by atoms with Crippen molar-refractivity contribution in [1.82, 2.24) is 15.1 Å². The Morgan fingerprint density at radius 1 is 1.27 bits per heavy atom. The molecule has 1 amide bonds. The average molecular weight is 321 g/mol. The molecule has 0 saturated carbocycles. The summed E-state index contributed by atoms with van der Waals surface area (Å²) < 4.78 is 0. The molecule has 1 fully saturated rings. The Morgan fingerprint density at radius 3 is 2.73 bits per heavy atom. The first-order chi connectivity index (χ1) is 10.6. The largest absolute Gasteiger partial charge is 0.350 e. The number of nitrogens with zero attached hydrogens (tertiary/aromatic N) is 2. The molecule has 4 nitrogen and oxygen atoms in total. The predicted molar refractivity (Wildman–Crippen MR) is 91.3 cm³/mol. The van der Waals surface area contributed by atoms with Gasteiger partial charge in [0.2, 0.25) is 0 Å². The first-order valence-electron chi connectivity index (χ1n) is 8.49. The van der Waals surface area contributed by atoms with E-state index in [9.17, 15) is 4.79 Å². The third-order valence-corrected chi connectivity index (χ3v) is 5.89. The number of hydrogen-bond acceptors (Lipinski definition) is 4. The molecule has 0 unspecified atom stereocenters. The maximum atomic E-state index is 12.3. The maximum Gasteiger partial charge on any atom is 0.261 e. The van der Waals surface area contributed by atoms with Crippen molar-refractivity contribution in [3.8, 4) is 0 Å². The molecule has 1 saturated heterocycles. The van der Waals surface area contributed by atoms with Crippen LogP contribution in [0.3, 0.4) is 0 Å². The normalized spacial score (nSPS) is 19.6. The van der Waals surface area contributed by atoms with E-state index in [1.165, 1.54) is 42.8 Å². The molecule has 3 rings (SSSR count). The van der Waals surface area contributed by atoms with Crippen LogP contribution in [-0.2, 0) is 13.1 Å². The highest BCUT2D eigenvalue weighted by molar-refractivity contribution is 7.14. The summed E-state index contributed by atoms with van der Waals surface area (Å²) in [4.78, 5) is 19.4. The van der Waals surface area contributed by atoms with E-state index in [1.54, 1.807) is 11.3 Å². The first-order valence-corrected chi connectivity index (χ1v) is 9.31. The zero-order valence-electron chi connectivity index (χ0n) is 13.7. The lowest BCUT2D eigenvalue weighted by Crippen LogP contribution is -2.37. The van der Waals surface area contributed by atoms with E-state index in [1.807, 2.05) is 0 Å². The summed E-state index contributed by atoms with van der Waals surface area (Å²) in [5, 5.41) is 3.09. The summed E-state index contributed by atoms with van der Waals surface area (Å²) in [6, 6.07) is 2.67. The van der Waals surface area contributed by atoms with Crippen LogP contribution in [0.2, 0.25) is 0 Å². The molecule has 2 aliphatic heterocycles. The summed E-state index contributed by atoms with van der Waals surface area (Å²) >= 11 is 1.67. The van der Waals surface area contributed by atoms with Gasteiger partial charge in [0.05, 0.1) is 4.88 Å². The third kappa shape index (κ3) is 3.70. The Labute approximate surface area is 137 Å². The molecule has 22 heavy (non-hydrogen) atoms. The van der Waals surface area contributed by atoms with Gasteiger partial charge in [0.1, 0.15) is 0 Å². The van der Waals surface area contributed by atoms with E-state index < -0.39 is 0 Å². The minimum atomic E-state index is 0.104. The van der Waals surface area contributed by atoms with E-state index in [-0.39, 0.29) is 5.91 Å². The van der Waals surface area contributed by atoms with Gasteiger partial charge in [0.15, 0.2) is 0 Å². The van der Waals surface area contributed by atoms with Crippen molar-refractivity contribution < 1.29 is 4.79 Å². The smallest absolute Gasteiger partial charge is 0.261 e. The van der Waals surface area contributed by atoms with Gasteiger partial charge in [0, 0.05) is 37.1 Å². The van der Waals surface area contributed by atoms with Crippen LogP contribution < -0.4 is 5.32 Å². The van der Waals surface area contributed by atoms with E-state index in [0.717, 1.165) is 31.1 Å². The van der Waals surface area contributed by atoms with E-state index in [4.69, 9.17) is 0 Å².